The molecule has 130 valence electrons. The van der Waals surface area contributed by atoms with E-state index in [1.54, 1.807) is 9.80 Å². The van der Waals surface area contributed by atoms with Gasteiger partial charge in [0.2, 0.25) is 17.7 Å². The molecule has 2 rings (SSSR count). The Kier molecular flexibility index (Phi) is 5.95. The van der Waals surface area contributed by atoms with Crippen LogP contribution in [0.15, 0.2) is 24.3 Å². The lowest BCUT2D eigenvalue weighted by molar-refractivity contribution is -0.140. The Morgan fingerprint density at radius 3 is 2.42 bits per heavy atom. The molecule has 0 radical (unpaired) electrons. The summed E-state index contributed by atoms with van der Waals surface area (Å²) in [6, 6.07) is 7.22. The summed E-state index contributed by atoms with van der Waals surface area (Å²) in [6.45, 7) is 6.34. The number of benzene rings is 1. The summed E-state index contributed by atoms with van der Waals surface area (Å²) in [5, 5.41) is 2.69. The van der Waals surface area contributed by atoms with Crippen LogP contribution < -0.4 is 10.2 Å². The Balaban J connectivity index is 2.03. The first-order valence-electron chi connectivity index (χ1n) is 8.35. The van der Waals surface area contributed by atoms with Crippen molar-refractivity contribution in [1.82, 2.24) is 10.2 Å². The number of aryl methyl sites for hydroxylation is 1. The molecule has 6 heteroatoms. The minimum atomic E-state index is -0.550. The van der Waals surface area contributed by atoms with Crippen molar-refractivity contribution in [2.24, 2.45) is 0 Å². The van der Waals surface area contributed by atoms with Crippen LogP contribution in [-0.2, 0) is 14.4 Å². The Bertz CT molecular complexity index is 612. The maximum atomic E-state index is 12.6. The number of nitrogens with zero attached hydrogens (tertiary/aromatic N) is 2. The number of hydrogen-bond donors (Lipinski definition) is 1. The van der Waals surface area contributed by atoms with Gasteiger partial charge in [0, 0.05) is 25.7 Å². The van der Waals surface area contributed by atoms with Crippen LogP contribution in [0.5, 0.6) is 0 Å². The molecule has 0 spiro atoms. The third kappa shape index (κ3) is 4.34. The smallest absolute Gasteiger partial charge is 0.246 e. The molecule has 24 heavy (non-hydrogen) atoms. The number of piperazine rings is 1. The van der Waals surface area contributed by atoms with Crippen molar-refractivity contribution in [3.63, 3.8) is 0 Å². The van der Waals surface area contributed by atoms with Crippen LogP contribution in [0.2, 0.25) is 0 Å². The molecule has 0 aromatic heterocycles. The number of amides is 3. The van der Waals surface area contributed by atoms with Crippen molar-refractivity contribution in [3.8, 4) is 0 Å². The van der Waals surface area contributed by atoms with Crippen LogP contribution >= 0.6 is 0 Å². The number of carbonyl (C=O) groups is 3. The van der Waals surface area contributed by atoms with E-state index in [4.69, 9.17) is 0 Å². The largest absolute Gasteiger partial charge is 0.345 e. The van der Waals surface area contributed by atoms with Gasteiger partial charge < -0.3 is 15.1 Å². The van der Waals surface area contributed by atoms with Crippen LogP contribution in [0, 0.1) is 6.92 Å². The molecule has 6 nitrogen and oxygen atoms in total. The maximum Gasteiger partial charge on any atom is 0.246 e. The zero-order chi connectivity index (χ0) is 17.7. The maximum absolute atomic E-state index is 12.6. The fraction of sp³-hybridized carbons (Fsp3) is 0.500. The molecule has 3 amide bonds. The van der Waals surface area contributed by atoms with Crippen LogP contribution in [0.25, 0.3) is 0 Å². The second-order valence-electron chi connectivity index (χ2n) is 6.18. The van der Waals surface area contributed by atoms with Gasteiger partial charge in [0.25, 0.3) is 0 Å². The van der Waals surface area contributed by atoms with Crippen LogP contribution in [0.4, 0.5) is 5.69 Å². The predicted octanol–water partition coefficient (Wildman–Crippen LogP) is 1.48. The molecule has 1 aliphatic heterocycles. The van der Waals surface area contributed by atoms with Crippen LogP contribution in [0.1, 0.15) is 32.3 Å². The van der Waals surface area contributed by atoms with Gasteiger partial charge in [-0.05, 0) is 25.5 Å². The first-order valence-corrected chi connectivity index (χ1v) is 8.35. The molecule has 1 N–H and O–H groups in total. The molecule has 1 aromatic rings. The molecule has 0 saturated carbocycles. The Hall–Kier alpha value is -2.37. The van der Waals surface area contributed by atoms with Crippen LogP contribution in [-0.4, -0.2) is 48.3 Å². The van der Waals surface area contributed by atoms with Crippen molar-refractivity contribution in [2.75, 3.05) is 24.5 Å². The lowest BCUT2D eigenvalue weighted by Crippen LogP contribution is -2.57. The summed E-state index contributed by atoms with van der Waals surface area (Å²) in [4.78, 5) is 39.6. The third-order valence-corrected chi connectivity index (χ3v) is 4.13. The van der Waals surface area contributed by atoms with Gasteiger partial charge in [0.15, 0.2) is 0 Å². The minimum Gasteiger partial charge on any atom is -0.345 e. The summed E-state index contributed by atoms with van der Waals surface area (Å²) >= 11 is 0. The zero-order valence-corrected chi connectivity index (χ0v) is 14.5. The number of nitrogens with one attached hydrogen (secondary N) is 1. The number of rotatable bonds is 5. The first kappa shape index (κ1) is 18.0. The van der Waals surface area contributed by atoms with Gasteiger partial charge in [-0.25, -0.2) is 0 Å². The Morgan fingerprint density at radius 1 is 1.21 bits per heavy atom. The lowest BCUT2D eigenvalue weighted by atomic mass is 10.1. The molecule has 1 aliphatic rings. The summed E-state index contributed by atoms with van der Waals surface area (Å²) in [5.41, 5.74) is 1.99. The normalized spacial score (nSPS) is 16.0. The molecule has 1 fully saturated rings. The van der Waals surface area contributed by atoms with Gasteiger partial charge in [0.05, 0.1) is 0 Å². The van der Waals surface area contributed by atoms with E-state index in [9.17, 15) is 14.4 Å². The summed E-state index contributed by atoms with van der Waals surface area (Å²) in [6.07, 6.45) is 1.36. The monoisotopic (exact) mass is 331 g/mol. The van der Waals surface area contributed by atoms with E-state index in [0.717, 1.165) is 17.7 Å². The highest BCUT2D eigenvalue weighted by molar-refractivity contribution is 5.99. The fourth-order valence-corrected chi connectivity index (χ4v) is 2.87. The van der Waals surface area contributed by atoms with E-state index in [1.807, 2.05) is 38.1 Å². The van der Waals surface area contributed by atoms with E-state index < -0.39 is 6.04 Å². The van der Waals surface area contributed by atoms with Crippen molar-refractivity contribution in [1.29, 1.82) is 0 Å². The third-order valence-electron chi connectivity index (χ3n) is 4.13. The second-order valence-corrected chi connectivity index (χ2v) is 6.18. The number of carbonyl (C=O) groups excluding carboxylic acids is 3. The van der Waals surface area contributed by atoms with Gasteiger partial charge in [0.1, 0.15) is 12.6 Å². The number of hydrogen-bond acceptors (Lipinski definition) is 3. The molecular weight excluding hydrogens is 306 g/mol. The van der Waals surface area contributed by atoms with Gasteiger partial charge in [-0.15, -0.1) is 0 Å². The highest BCUT2D eigenvalue weighted by Gasteiger charge is 2.31. The second kappa shape index (κ2) is 7.95. The first-order chi connectivity index (χ1) is 11.4. The highest BCUT2D eigenvalue weighted by Crippen LogP contribution is 2.18. The van der Waals surface area contributed by atoms with E-state index >= 15 is 0 Å². The van der Waals surface area contributed by atoms with E-state index in [2.05, 4.69) is 5.32 Å². The van der Waals surface area contributed by atoms with Crippen LogP contribution in [0.3, 0.4) is 0 Å². The zero-order valence-electron chi connectivity index (χ0n) is 14.5. The van der Waals surface area contributed by atoms with Gasteiger partial charge in [-0.3, -0.25) is 14.4 Å². The van der Waals surface area contributed by atoms with Crippen molar-refractivity contribution in [2.45, 2.75) is 39.7 Å². The molecule has 0 aliphatic carbocycles. The highest BCUT2D eigenvalue weighted by atomic mass is 16.2. The predicted molar refractivity (Wildman–Crippen MR) is 92.6 cm³/mol. The summed E-state index contributed by atoms with van der Waals surface area (Å²) in [7, 11) is 0. The molecule has 1 unspecified atom stereocenters. The van der Waals surface area contributed by atoms with E-state index in [1.165, 1.54) is 6.92 Å². The standard InChI is InChI=1S/C18H25N3O3/c1-4-5-16(19-14(3)22)18(24)20-10-11-21(17(23)12-20)15-8-6-13(2)7-9-15/h6-9,16H,4-5,10-12H2,1-3H3,(H,19,22). The van der Waals surface area contributed by atoms with Crippen molar-refractivity contribution >= 4 is 23.4 Å². The molecule has 1 heterocycles. The van der Waals surface area contributed by atoms with Gasteiger partial charge in [-0.2, -0.15) is 0 Å². The Morgan fingerprint density at radius 2 is 1.88 bits per heavy atom. The molecule has 1 saturated heterocycles. The van der Waals surface area contributed by atoms with E-state index in [-0.39, 0.29) is 24.3 Å². The summed E-state index contributed by atoms with van der Waals surface area (Å²) in [5.74, 6) is -0.507. The lowest BCUT2D eigenvalue weighted by Gasteiger charge is -2.36. The van der Waals surface area contributed by atoms with Gasteiger partial charge in [-0.1, -0.05) is 31.0 Å². The molecular formula is C18H25N3O3. The molecule has 1 atom stereocenters. The molecule has 1 aromatic carbocycles. The van der Waals surface area contributed by atoms with Crippen molar-refractivity contribution < 1.29 is 14.4 Å². The Labute approximate surface area is 142 Å². The fourth-order valence-electron chi connectivity index (χ4n) is 2.87. The van der Waals surface area contributed by atoms with Gasteiger partial charge >= 0.3 is 0 Å². The summed E-state index contributed by atoms with van der Waals surface area (Å²) < 4.78 is 0. The van der Waals surface area contributed by atoms with E-state index in [0.29, 0.717) is 19.5 Å². The minimum absolute atomic E-state index is 0.0481. The quantitative estimate of drug-likeness (QED) is 0.888. The SMILES string of the molecule is CCCC(NC(C)=O)C(=O)N1CCN(c2ccc(C)cc2)C(=O)C1. The number of anilines is 1. The average Bonchev–Trinajstić information content (AvgIpc) is 2.54. The topological polar surface area (TPSA) is 69.7 Å². The molecule has 0 bridgehead atoms. The average molecular weight is 331 g/mol. The van der Waals surface area contributed by atoms with Crippen molar-refractivity contribution in [3.05, 3.63) is 29.8 Å².